The fourth-order valence-corrected chi connectivity index (χ4v) is 5.03. The van der Waals surface area contributed by atoms with Crippen LogP contribution in [0.1, 0.15) is 80.2 Å². The third-order valence-electron chi connectivity index (χ3n) is 6.05. The van der Waals surface area contributed by atoms with E-state index in [1.807, 2.05) is 41.8 Å². The molecule has 4 nitrogen and oxygen atoms in total. The maximum absolute atomic E-state index is 12.0. The number of aryl methyl sites for hydroxylation is 1. The molecule has 1 N–H and O–H groups in total. The minimum absolute atomic E-state index is 0.362. The first kappa shape index (κ1) is 26.2. The zero-order valence-electron chi connectivity index (χ0n) is 20.0. The molecule has 0 fully saturated rings. The molecular weight excluding hydrogens is 464 g/mol. The quantitative estimate of drug-likeness (QED) is 0.170. The lowest BCUT2D eigenvalue weighted by Gasteiger charge is -2.13. The lowest BCUT2D eigenvalue weighted by molar-refractivity contribution is -0.132. The summed E-state index contributed by atoms with van der Waals surface area (Å²) in [5, 5.41) is 12.5. The SMILES string of the molecule is CCCCCCCCCCc1ncc(/C=C(\Cc2cccs2)C(=O)O)n1Cc1ccccc1Cl. The van der Waals surface area contributed by atoms with Gasteiger partial charge in [0, 0.05) is 28.3 Å². The van der Waals surface area contributed by atoms with Crippen LogP contribution in [0.2, 0.25) is 5.02 Å². The van der Waals surface area contributed by atoms with E-state index in [-0.39, 0.29) is 0 Å². The molecule has 0 spiro atoms. The second kappa shape index (κ2) is 14.1. The first-order valence-corrected chi connectivity index (χ1v) is 13.6. The highest BCUT2D eigenvalue weighted by Gasteiger charge is 2.15. The molecule has 0 bridgehead atoms. The van der Waals surface area contributed by atoms with Gasteiger partial charge in [-0.25, -0.2) is 9.78 Å². The Balaban J connectivity index is 1.75. The van der Waals surface area contributed by atoms with Crippen molar-refractivity contribution >= 4 is 35.0 Å². The van der Waals surface area contributed by atoms with Crippen LogP contribution in [0.25, 0.3) is 6.08 Å². The second-order valence-electron chi connectivity index (χ2n) is 8.73. The number of thiophene rings is 1. The largest absolute Gasteiger partial charge is 0.478 e. The summed E-state index contributed by atoms with van der Waals surface area (Å²) in [5.41, 5.74) is 2.17. The number of hydrogen-bond donors (Lipinski definition) is 1. The van der Waals surface area contributed by atoms with Crippen molar-refractivity contribution < 1.29 is 9.90 Å². The summed E-state index contributed by atoms with van der Waals surface area (Å²) in [5.74, 6) is 0.0848. The molecule has 0 atom stereocenters. The number of hydrogen-bond acceptors (Lipinski definition) is 3. The van der Waals surface area contributed by atoms with E-state index in [4.69, 9.17) is 16.6 Å². The van der Waals surface area contributed by atoms with Gasteiger partial charge in [-0.1, -0.05) is 87.7 Å². The number of unbranched alkanes of at least 4 members (excludes halogenated alkanes) is 7. The van der Waals surface area contributed by atoms with Crippen LogP contribution < -0.4 is 0 Å². The molecule has 0 radical (unpaired) electrons. The highest BCUT2D eigenvalue weighted by molar-refractivity contribution is 7.09. The molecule has 0 saturated heterocycles. The molecule has 3 aromatic rings. The predicted molar refractivity (Wildman–Crippen MR) is 143 cm³/mol. The zero-order chi connectivity index (χ0) is 24.2. The number of imidazole rings is 1. The van der Waals surface area contributed by atoms with Crippen molar-refractivity contribution in [2.45, 2.75) is 77.7 Å². The molecule has 2 aromatic heterocycles. The van der Waals surface area contributed by atoms with Gasteiger partial charge >= 0.3 is 5.97 Å². The molecule has 0 saturated carbocycles. The topological polar surface area (TPSA) is 55.1 Å². The van der Waals surface area contributed by atoms with Gasteiger partial charge in [0.15, 0.2) is 0 Å². The van der Waals surface area contributed by atoms with Crippen LogP contribution in [0.5, 0.6) is 0 Å². The van der Waals surface area contributed by atoms with Crippen LogP contribution >= 0.6 is 22.9 Å². The molecule has 3 rings (SSSR count). The lowest BCUT2D eigenvalue weighted by atomic mass is 10.1. The summed E-state index contributed by atoms with van der Waals surface area (Å²) in [7, 11) is 0. The highest BCUT2D eigenvalue weighted by Crippen LogP contribution is 2.22. The Morgan fingerprint density at radius 3 is 2.47 bits per heavy atom. The molecule has 6 heteroatoms. The smallest absolute Gasteiger partial charge is 0.332 e. The van der Waals surface area contributed by atoms with Gasteiger partial charge in [-0.2, -0.15) is 0 Å². The number of benzene rings is 1. The van der Waals surface area contributed by atoms with Crippen molar-refractivity contribution in [3.05, 3.63) is 80.5 Å². The Bertz CT molecular complexity index is 1060. The summed E-state index contributed by atoms with van der Waals surface area (Å²) < 4.78 is 2.12. The van der Waals surface area contributed by atoms with Crippen LogP contribution in [0.3, 0.4) is 0 Å². The Hall–Kier alpha value is -2.37. The maximum Gasteiger partial charge on any atom is 0.332 e. The minimum atomic E-state index is -0.900. The van der Waals surface area contributed by atoms with Gasteiger partial charge in [0.2, 0.25) is 0 Å². The summed E-state index contributed by atoms with van der Waals surface area (Å²) in [6.07, 6.45) is 14.9. The number of rotatable bonds is 15. The van der Waals surface area contributed by atoms with Gasteiger partial charge in [-0.15, -0.1) is 11.3 Å². The van der Waals surface area contributed by atoms with Crippen molar-refractivity contribution in [2.75, 3.05) is 0 Å². The fourth-order valence-electron chi connectivity index (χ4n) is 4.11. The summed E-state index contributed by atoms with van der Waals surface area (Å²) in [4.78, 5) is 17.7. The van der Waals surface area contributed by atoms with Crippen molar-refractivity contribution in [3.8, 4) is 0 Å². The first-order valence-electron chi connectivity index (χ1n) is 12.3. The van der Waals surface area contributed by atoms with E-state index in [2.05, 4.69) is 11.5 Å². The maximum atomic E-state index is 12.0. The van der Waals surface area contributed by atoms with Crippen molar-refractivity contribution in [1.82, 2.24) is 9.55 Å². The van der Waals surface area contributed by atoms with Gasteiger partial charge in [-0.05, 0) is 35.6 Å². The molecular formula is C28H35ClN2O2S. The summed E-state index contributed by atoms with van der Waals surface area (Å²) in [6.45, 7) is 2.82. The Kier molecular flexibility index (Phi) is 10.9. The van der Waals surface area contributed by atoms with E-state index in [0.717, 1.165) is 34.8 Å². The molecule has 1 aromatic carbocycles. The van der Waals surface area contributed by atoms with Gasteiger partial charge in [0.05, 0.1) is 18.4 Å². The predicted octanol–water partition coefficient (Wildman–Crippen LogP) is 8.04. The molecule has 34 heavy (non-hydrogen) atoms. The summed E-state index contributed by atoms with van der Waals surface area (Å²) >= 11 is 8.02. The van der Waals surface area contributed by atoms with Crippen LogP contribution in [0.15, 0.2) is 53.5 Å². The Morgan fingerprint density at radius 1 is 1.06 bits per heavy atom. The van der Waals surface area contributed by atoms with Crippen molar-refractivity contribution in [3.63, 3.8) is 0 Å². The minimum Gasteiger partial charge on any atom is -0.478 e. The molecule has 182 valence electrons. The summed E-state index contributed by atoms with van der Waals surface area (Å²) in [6, 6.07) is 11.7. The van der Waals surface area contributed by atoms with Gasteiger partial charge in [0.1, 0.15) is 5.82 Å². The average Bonchev–Trinajstić information content (AvgIpc) is 3.47. The standard InChI is InChI=1S/C28H35ClN2O2S/c1-2-3-4-5-6-7-8-9-16-27-30-20-24(31(27)21-22-13-10-11-15-26(22)29)18-23(28(32)33)19-25-14-12-17-34-25/h10-15,17-18,20H,2-9,16,19,21H2,1H3,(H,32,33)/b23-18+. The number of carboxylic acids is 1. The van der Waals surface area contributed by atoms with Crippen molar-refractivity contribution in [1.29, 1.82) is 0 Å². The molecule has 0 aliphatic rings. The fraction of sp³-hybridized carbons (Fsp3) is 0.429. The Labute approximate surface area is 212 Å². The normalized spacial score (nSPS) is 11.8. The number of aromatic nitrogens is 2. The van der Waals surface area contributed by atoms with E-state index >= 15 is 0 Å². The van der Waals surface area contributed by atoms with Crippen LogP contribution in [-0.2, 0) is 24.2 Å². The monoisotopic (exact) mass is 498 g/mol. The van der Waals surface area contributed by atoms with Crippen molar-refractivity contribution in [2.24, 2.45) is 0 Å². The third-order valence-corrected chi connectivity index (χ3v) is 7.30. The van der Waals surface area contributed by atoms with Crippen LogP contribution in [-0.4, -0.2) is 20.6 Å². The Morgan fingerprint density at radius 2 is 1.79 bits per heavy atom. The number of carboxylic acid groups (broad SMARTS) is 1. The van der Waals surface area contributed by atoms with Gasteiger partial charge in [-0.3, -0.25) is 0 Å². The highest BCUT2D eigenvalue weighted by atomic mass is 35.5. The molecule has 0 aliphatic carbocycles. The molecule has 0 unspecified atom stereocenters. The number of aliphatic carboxylic acids is 1. The van der Waals surface area contributed by atoms with E-state index in [1.54, 1.807) is 23.6 Å². The lowest BCUT2D eigenvalue weighted by Crippen LogP contribution is -2.09. The van der Waals surface area contributed by atoms with Gasteiger partial charge in [0.25, 0.3) is 0 Å². The van der Waals surface area contributed by atoms with E-state index in [1.165, 1.54) is 44.9 Å². The van der Waals surface area contributed by atoms with E-state index < -0.39 is 5.97 Å². The zero-order valence-corrected chi connectivity index (χ0v) is 21.6. The number of nitrogens with zero attached hydrogens (tertiary/aromatic N) is 2. The van der Waals surface area contributed by atoms with Crippen LogP contribution in [0, 0.1) is 0 Å². The molecule has 0 amide bonds. The first-order chi connectivity index (χ1) is 16.6. The molecule has 2 heterocycles. The van der Waals surface area contributed by atoms with E-state index in [0.29, 0.717) is 23.6 Å². The van der Waals surface area contributed by atoms with E-state index in [9.17, 15) is 9.90 Å². The molecule has 0 aliphatic heterocycles. The van der Waals surface area contributed by atoms with Crippen LogP contribution in [0.4, 0.5) is 0 Å². The second-order valence-corrected chi connectivity index (χ2v) is 10.2. The number of carbonyl (C=O) groups is 1. The van der Waals surface area contributed by atoms with Gasteiger partial charge < -0.3 is 9.67 Å². The number of halogens is 1. The third kappa shape index (κ3) is 8.14. The average molecular weight is 499 g/mol.